The molecule has 0 atom stereocenters. The lowest BCUT2D eigenvalue weighted by atomic mass is 9.92. The van der Waals surface area contributed by atoms with E-state index in [9.17, 15) is 4.79 Å². The van der Waals surface area contributed by atoms with Gasteiger partial charge in [0.2, 0.25) is 0 Å². The van der Waals surface area contributed by atoms with Crippen LogP contribution in [0.2, 0.25) is 0 Å². The molecule has 1 saturated heterocycles. The molecule has 0 saturated carbocycles. The summed E-state index contributed by atoms with van der Waals surface area (Å²) >= 11 is 1.96. The number of rotatable bonds is 6. The van der Waals surface area contributed by atoms with E-state index in [-0.39, 0.29) is 11.6 Å². The number of nitrogens with one attached hydrogen (secondary N) is 2. The van der Waals surface area contributed by atoms with Crippen molar-refractivity contribution in [3.05, 3.63) is 0 Å². The molecule has 0 aromatic carbocycles. The zero-order valence-electron chi connectivity index (χ0n) is 12.8. The highest BCUT2D eigenvalue weighted by atomic mass is 32.2. The first-order valence-electron chi connectivity index (χ1n) is 7.12. The minimum Gasteiger partial charge on any atom is -0.444 e. The molecule has 1 heterocycles. The summed E-state index contributed by atoms with van der Waals surface area (Å²) in [4.78, 5) is 12.0. The number of hydrogen-bond acceptors (Lipinski definition) is 4. The maximum absolute atomic E-state index is 12.0. The fourth-order valence-electron chi connectivity index (χ4n) is 1.93. The van der Waals surface area contributed by atoms with Crippen LogP contribution in [-0.4, -0.2) is 41.3 Å². The standard InChI is InChI=1S/C14H28N2O2S/c1-6-14(7-2,10-15-11-8-19-9-11)16-12(17)18-13(3,4)5/h11,15H,6-10H2,1-5H3,(H,16,17). The molecule has 0 spiro atoms. The third-order valence-corrected chi connectivity index (χ3v) is 4.76. The number of thioether (sulfide) groups is 1. The van der Waals surface area contributed by atoms with Gasteiger partial charge in [0.15, 0.2) is 0 Å². The Labute approximate surface area is 121 Å². The van der Waals surface area contributed by atoms with Crippen LogP contribution < -0.4 is 10.6 Å². The van der Waals surface area contributed by atoms with Crippen LogP contribution in [0.4, 0.5) is 4.79 Å². The molecule has 2 N–H and O–H groups in total. The maximum atomic E-state index is 12.0. The van der Waals surface area contributed by atoms with Crippen LogP contribution in [0.5, 0.6) is 0 Å². The number of amides is 1. The first kappa shape index (κ1) is 16.6. The van der Waals surface area contributed by atoms with E-state index in [0.29, 0.717) is 6.04 Å². The highest BCUT2D eigenvalue weighted by molar-refractivity contribution is 8.00. The van der Waals surface area contributed by atoms with Gasteiger partial charge < -0.3 is 15.4 Å². The fraction of sp³-hybridized carbons (Fsp3) is 0.929. The Bertz CT molecular complexity index is 294. The Morgan fingerprint density at radius 2 is 1.84 bits per heavy atom. The first-order valence-corrected chi connectivity index (χ1v) is 8.28. The van der Waals surface area contributed by atoms with Crippen molar-refractivity contribution in [1.29, 1.82) is 0 Å². The van der Waals surface area contributed by atoms with Crippen molar-refractivity contribution in [2.45, 2.75) is 64.6 Å². The highest BCUT2D eigenvalue weighted by Gasteiger charge is 2.31. The quantitative estimate of drug-likeness (QED) is 0.789. The van der Waals surface area contributed by atoms with E-state index in [1.807, 2.05) is 32.5 Å². The predicted octanol–water partition coefficient (Wildman–Crippen LogP) is 2.77. The van der Waals surface area contributed by atoms with Crippen LogP contribution in [0.3, 0.4) is 0 Å². The minimum absolute atomic E-state index is 0.206. The number of carbonyl (C=O) groups is 1. The third-order valence-electron chi connectivity index (χ3n) is 3.49. The van der Waals surface area contributed by atoms with Gasteiger partial charge in [-0.1, -0.05) is 13.8 Å². The zero-order valence-corrected chi connectivity index (χ0v) is 13.7. The van der Waals surface area contributed by atoms with Crippen LogP contribution >= 0.6 is 11.8 Å². The lowest BCUT2D eigenvalue weighted by Gasteiger charge is -2.37. The van der Waals surface area contributed by atoms with Crippen LogP contribution in [0.1, 0.15) is 47.5 Å². The first-order chi connectivity index (χ1) is 8.80. The summed E-state index contributed by atoms with van der Waals surface area (Å²) in [6.07, 6.45) is 1.48. The zero-order chi connectivity index (χ0) is 14.5. The lowest BCUT2D eigenvalue weighted by molar-refractivity contribution is 0.0444. The van der Waals surface area contributed by atoms with Gasteiger partial charge in [-0.05, 0) is 33.6 Å². The van der Waals surface area contributed by atoms with Gasteiger partial charge in [0.25, 0.3) is 0 Å². The van der Waals surface area contributed by atoms with E-state index in [4.69, 9.17) is 4.74 Å². The smallest absolute Gasteiger partial charge is 0.408 e. The van der Waals surface area contributed by atoms with Crippen molar-refractivity contribution in [2.24, 2.45) is 0 Å². The summed E-state index contributed by atoms with van der Waals surface area (Å²) in [7, 11) is 0. The largest absolute Gasteiger partial charge is 0.444 e. The second-order valence-electron chi connectivity index (χ2n) is 6.23. The predicted molar refractivity (Wildman–Crippen MR) is 81.8 cm³/mol. The summed E-state index contributed by atoms with van der Waals surface area (Å²) in [5, 5.41) is 6.60. The molecular formula is C14H28N2O2S. The molecule has 0 aliphatic carbocycles. The normalized spacial score (nSPS) is 16.9. The Balaban J connectivity index is 2.51. The summed E-state index contributed by atoms with van der Waals surface area (Å²) in [5.74, 6) is 2.35. The molecule has 5 heteroatoms. The van der Waals surface area contributed by atoms with Crippen molar-refractivity contribution < 1.29 is 9.53 Å². The highest BCUT2D eigenvalue weighted by Crippen LogP contribution is 2.20. The van der Waals surface area contributed by atoms with Crippen molar-refractivity contribution in [2.75, 3.05) is 18.1 Å². The number of ether oxygens (including phenoxy) is 1. The SMILES string of the molecule is CCC(CC)(CNC1CSC1)NC(=O)OC(C)(C)C. The molecule has 1 amide bonds. The van der Waals surface area contributed by atoms with Gasteiger partial charge in [0.1, 0.15) is 5.60 Å². The molecule has 0 aromatic heterocycles. The Morgan fingerprint density at radius 3 is 2.21 bits per heavy atom. The molecule has 19 heavy (non-hydrogen) atoms. The Kier molecular flexibility index (Phi) is 5.99. The third kappa shape index (κ3) is 5.61. The average molecular weight is 288 g/mol. The van der Waals surface area contributed by atoms with Crippen LogP contribution in [0.15, 0.2) is 0 Å². The van der Waals surface area contributed by atoms with Crippen LogP contribution in [-0.2, 0) is 4.74 Å². The molecule has 0 aromatic rings. The second kappa shape index (κ2) is 6.84. The molecule has 1 aliphatic heterocycles. The van der Waals surface area contributed by atoms with Crippen molar-refractivity contribution in [1.82, 2.24) is 10.6 Å². The molecule has 0 unspecified atom stereocenters. The monoisotopic (exact) mass is 288 g/mol. The van der Waals surface area contributed by atoms with Gasteiger partial charge in [0, 0.05) is 24.1 Å². The van der Waals surface area contributed by atoms with Gasteiger partial charge in [-0.15, -0.1) is 0 Å². The summed E-state index contributed by atoms with van der Waals surface area (Å²) in [5.41, 5.74) is -0.655. The van der Waals surface area contributed by atoms with Crippen LogP contribution in [0, 0.1) is 0 Å². The van der Waals surface area contributed by atoms with Gasteiger partial charge in [-0.25, -0.2) is 4.79 Å². The molecule has 1 rings (SSSR count). The van der Waals surface area contributed by atoms with E-state index in [2.05, 4.69) is 24.5 Å². The topological polar surface area (TPSA) is 50.4 Å². The number of carbonyl (C=O) groups excluding carboxylic acids is 1. The molecule has 0 bridgehead atoms. The Morgan fingerprint density at radius 1 is 1.26 bits per heavy atom. The van der Waals surface area contributed by atoms with Crippen molar-refractivity contribution in [3.8, 4) is 0 Å². The fourth-order valence-corrected chi connectivity index (χ4v) is 2.64. The average Bonchev–Trinajstić information content (AvgIpc) is 2.22. The van der Waals surface area contributed by atoms with E-state index in [0.717, 1.165) is 19.4 Å². The van der Waals surface area contributed by atoms with Crippen LogP contribution in [0.25, 0.3) is 0 Å². The van der Waals surface area contributed by atoms with Gasteiger partial charge in [-0.3, -0.25) is 0 Å². The lowest BCUT2D eigenvalue weighted by Crippen LogP contribution is -2.57. The molecule has 1 fully saturated rings. The molecule has 1 aliphatic rings. The second-order valence-corrected chi connectivity index (χ2v) is 7.30. The van der Waals surface area contributed by atoms with E-state index in [1.54, 1.807) is 0 Å². The molecule has 4 nitrogen and oxygen atoms in total. The van der Waals surface area contributed by atoms with E-state index in [1.165, 1.54) is 11.5 Å². The van der Waals surface area contributed by atoms with Gasteiger partial charge in [-0.2, -0.15) is 11.8 Å². The summed E-state index contributed by atoms with van der Waals surface area (Å²) in [6.45, 7) is 10.7. The summed E-state index contributed by atoms with van der Waals surface area (Å²) in [6, 6.07) is 0.600. The van der Waals surface area contributed by atoms with E-state index >= 15 is 0 Å². The number of hydrogen-bond donors (Lipinski definition) is 2. The number of alkyl carbamates (subject to hydrolysis) is 1. The Hall–Kier alpha value is -0.420. The molecular weight excluding hydrogens is 260 g/mol. The van der Waals surface area contributed by atoms with Crippen molar-refractivity contribution >= 4 is 17.9 Å². The van der Waals surface area contributed by atoms with E-state index < -0.39 is 5.60 Å². The maximum Gasteiger partial charge on any atom is 0.408 e. The molecule has 112 valence electrons. The van der Waals surface area contributed by atoms with Gasteiger partial charge in [0.05, 0.1) is 5.54 Å². The summed E-state index contributed by atoms with van der Waals surface area (Å²) < 4.78 is 5.36. The molecule has 0 radical (unpaired) electrons. The minimum atomic E-state index is -0.449. The van der Waals surface area contributed by atoms with Gasteiger partial charge >= 0.3 is 6.09 Å². The van der Waals surface area contributed by atoms with Crippen molar-refractivity contribution in [3.63, 3.8) is 0 Å².